The number of aromatic nitrogens is 1. The van der Waals surface area contributed by atoms with Crippen LogP contribution in [-0.4, -0.2) is 131 Å². The SMILES string of the molecule is CC(C)[C@H](NC(=O)[C@@H](N)CCCN=C(N)N)C(=O)NCC(=O)N[C@H](C(=O)N[C@@H](Cc1c[nH]c2ccccc12)C(=O)NCC(=O)N[C@@H](CCCN=C(N)N)C(=O)O)[C@@H](C)O. The number of fused-ring (bicyclic) bond motifs is 1. The highest BCUT2D eigenvalue weighted by atomic mass is 16.4. The molecule has 0 aliphatic heterocycles. The molecule has 0 bridgehead atoms. The lowest BCUT2D eigenvalue weighted by molar-refractivity contribution is -0.142. The number of benzene rings is 1. The smallest absolute Gasteiger partial charge is 0.326 e. The average Bonchev–Trinajstić information content (AvgIpc) is 3.58. The van der Waals surface area contributed by atoms with Crippen molar-refractivity contribution < 1.29 is 43.8 Å². The first-order valence-electron chi connectivity index (χ1n) is 18.9. The Morgan fingerprint density at radius 3 is 1.86 bits per heavy atom. The number of guanidine groups is 2. The number of para-hydroxylation sites is 1. The summed E-state index contributed by atoms with van der Waals surface area (Å²) in [5.74, 6) is -6.84. The van der Waals surface area contributed by atoms with Crippen LogP contribution >= 0.6 is 0 Å². The van der Waals surface area contributed by atoms with Gasteiger partial charge in [0.15, 0.2) is 11.9 Å². The van der Waals surface area contributed by atoms with E-state index in [4.69, 9.17) is 28.7 Å². The molecule has 0 saturated heterocycles. The van der Waals surface area contributed by atoms with Crippen molar-refractivity contribution in [3.05, 3.63) is 36.0 Å². The fraction of sp³-hybridized carbons (Fsp3) is 0.528. The Labute approximate surface area is 340 Å². The molecule has 23 nitrogen and oxygen atoms in total. The number of amides is 6. The first-order valence-corrected chi connectivity index (χ1v) is 18.9. The van der Waals surface area contributed by atoms with Crippen LogP contribution < -0.4 is 60.6 Å². The molecule has 1 aromatic heterocycles. The standard InChI is InChI=1S/C36H58N14O9/c1-18(2)28(50-30(54)22(37)9-6-12-42-35(38)39)32(56)46-17-27(53)49-29(19(3)51)33(57)48-25(14-20-15-44-23-10-5-4-8-21(20)23)31(55)45-16-26(52)47-24(34(58)59)11-7-13-43-36(40)41/h4-5,8,10,15,18-19,22,24-25,28-29,44,51H,6-7,9,11-14,16-17,37H2,1-3H3,(H,45,55)(H,46,56)(H,47,52)(H,48,57)(H,49,53)(H,50,54)(H,58,59)(H4,38,39,42)(H4,40,41,43)/t19-,22+,24+,25+,28+,29+/m1/s1. The maximum atomic E-state index is 13.6. The number of carbonyl (C=O) groups is 7. The van der Waals surface area contributed by atoms with Crippen LogP contribution in [-0.2, 0) is 40.0 Å². The fourth-order valence-electron chi connectivity index (χ4n) is 5.64. The van der Waals surface area contributed by atoms with Gasteiger partial charge in [0.1, 0.15) is 24.2 Å². The summed E-state index contributed by atoms with van der Waals surface area (Å²) >= 11 is 0. The average molecular weight is 831 g/mol. The highest BCUT2D eigenvalue weighted by molar-refractivity contribution is 5.96. The fourth-order valence-corrected chi connectivity index (χ4v) is 5.64. The third-order valence-corrected chi connectivity index (χ3v) is 8.79. The summed E-state index contributed by atoms with van der Waals surface area (Å²) in [6, 6.07) is 0.838. The minimum Gasteiger partial charge on any atom is -0.480 e. The molecule has 0 fully saturated rings. The Balaban J connectivity index is 2.12. The van der Waals surface area contributed by atoms with Gasteiger partial charge in [-0.1, -0.05) is 32.0 Å². The van der Waals surface area contributed by atoms with E-state index in [-0.39, 0.29) is 50.7 Å². The Hall–Kier alpha value is -6.49. The van der Waals surface area contributed by atoms with Crippen molar-refractivity contribution in [1.82, 2.24) is 36.9 Å². The van der Waals surface area contributed by atoms with Crippen LogP contribution in [0.3, 0.4) is 0 Å². The van der Waals surface area contributed by atoms with E-state index >= 15 is 0 Å². The van der Waals surface area contributed by atoms with Gasteiger partial charge in [-0.15, -0.1) is 0 Å². The number of carboxylic acid groups (broad SMARTS) is 1. The molecule has 0 aliphatic rings. The van der Waals surface area contributed by atoms with E-state index in [1.54, 1.807) is 44.3 Å². The molecule has 0 aliphatic carbocycles. The molecule has 2 aromatic rings. The van der Waals surface area contributed by atoms with E-state index in [9.17, 15) is 43.8 Å². The molecule has 6 amide bonds. The predicted molar refractivity (Wildman–Crippen MR) is 218 cm³/mol. The lowest BCUT2D eigenvalue weighted by Gasteiger charge is -2.25. The van der Waals surface area contributed by atoms with Gasteiger partial charge in [0.25, 0.3) is 0 Å². The number of nitrogens with zero attached hydrogens (tertiary/aromatic N) is 2. The molecule has 0 radical (unpaired) electrons. The number of aromatic amines is 1. The zero-order valence-corrected chi connectivity index (χ0v) is 33.3. The van der Waals surface area contributed by atoms with Crippen molar-refractivity contribution in [2.75, 3.05) is 26.2 Å². The summed E-state index contributed by atoms with van der Waals surface area (Å²) in [5.41, 5.74) is 28.5. The van der Waals surface area contributed by atoms with Crippen molar-refractivity contribution in [3.63, 3.8) is 0 Å². The van der Waals surface area contributed by atoms with Crippen LogP contribution in [0.15, 0.2) is 40.4 Å². The van der Waals surface area contributed by atoms with Crippen LogP contribution in [0.25, 0.3) is 10.9 Å². The number of carbonyl (C=O) groups excluding carboxylic acids is 6. The van der Waals surface area contributed by atoms with Crippen LogP contribution in [0.1, 0.15) is 52.0 Å². The van der Waals surface area contributed by atoms with E-state index in [1.807, 2.05) is 0 Å². The monoisotopic (exact) mass is 830 g/mol. The van der Waals surface area contributed by atoms with Gasteiger partial charge in [0.05, 0.1) is 25.2 Å². The molecule has 0 spiro atoms. The van der Waals surface area contributed by atoms with Gasteiger partial charge < -0.3 is 75.8 Å². The molecule has 326 valence electrons. The van der Waals surface area contributed by atoms with Crippen molar-refractivity contribution in [3.8, 4) is 0 Å². The highest BCUT2D eigenvalue weighted by Crippen LogP contribution is 2.19. The number of hydrogen-bond acceptors (Lipinski definition) is 11. The number of nitrogens with one attached hydrogen (secondary N) is 7. The number of rotatable bonds is 25. The van der Waals surface area contributed by atoms with E-state index in [0.717, 1.165) is 10.9 Å². The number of carboxylic acids is 1. The van der Waals surface area contributed by atoms with E-state index in [2.05, 4.69) is 46.9 Å². The number of aliphatic hydroxyl groups is 1. The molecule has 2 rings (SSSR count). The molecule has 1 heterocycles. The van der Waals surface area contributed by atoms with Crippen LogP contribution in [0.4, 0.5) is 0 Å². The van der Waals surface area contributed by atoms with Crippen LogP contribution in [0, 0.1) is 5.92 Å². The quantitative estimate of drug-likeness (QED) is 0.0255. The van der Waals surface area contributed by atoms with Crippen molar-refractivity contribution in [1.29, 1.82) is 0 Å². The number of aliphatic imine (C=N–C) groups is 2. The minimum atomic E-state index is -1.62. The molecular weight excluding hydrogens is 772 g/mol. The lowest BCUT2D eigenvalue weighted by Crippen LogP contribution is -2.59. The Kier molecular flexibility index (Phi) is 20.1. The van der Waals surface area contributed by atoms with Gasteiger partial charge in [-0.05, 0) is 50.2 Å². The van der Waals surface area contributed by atoms with Gasteiger partial charge in [-0.2, -0.15) is 0 Å². The Bertz CT molecular complexity index is 1820. The van der Waals surface area contributed by atoms with Gasteiger partial charge in [-0.25, -0.2) is 4.79 Å². The number of aliphatic carboxylic acids is 1. The molecule has 6 atom stereocenters. The third-order valence-electron chi connectivity index (χ3n) is 8.79. The number of aliphatic hydroxyl groups excluding tert-OH is 1. The summed E-state index contributed by atoms with van der Waals surface area (Å²) in [6.07, 6.45) is 0.914. The van der Waals surface area contributed by atoms with Gasteiger partial charge in [0.2, 0.25) is 35.4 Å². The minimum absolute atomic E-state index is 0.00555. The summed E-state index contributed by atoms with van der Waals surface area (Å²) in [4.78, 5) is 101. The first kappa shape index (κ1) is 48.7. The van der Waals surface area contributed by atoms with E-state index in [0.29, 0.717) is 12.0 Å². The van der Waals surface area contributed by atoms with Crippen LogP contribution in [0.5, 0.6) is 0 Å². The zero-order chi connectivity index (χ0) is 44.2. The normalized spacial score (nSPS) is 14.0. The maximum Gasteiger partial charge on any atom is 0.326 e. The number of hydrogen-bond donors (Lipinski definition) is 14. The number of H-pyrrole nitrogens is 1. The molecule has 19 N–H and O–H groups in total. The molecule has 59 heavy (non-hydrogen) atoms. The molecule has 0 saturated carbocycles. The topological polar surface area (TPSA) is 403 Å². The maximum absolute atomic E-state index is 13.6. The second kappa shape index (κ2) is 24.3. The third kappa shape index (κ3) is 17.3. The highest BCUT2D eigenvalue weighted by Gasteiger charge is 2.32. The molecule has 0 unspecified atom stereocenters. The van der Waals surface area contributed by atoms with Gasteiger partial charge in [-0.3, -0.25) is 38.8 Å². The Morgan fingerprint density at radius 2 is 1.29 bits per heavy atom. The Morgan fingerprint density at radius 1 is 0.712 bits per heavy atom. The van der Waals surface area contributed by atoms with Gasteiger partial charge >= 0.3 is 5.97 Å². The second-order valence-corrected chi connectivity index (χ2v) is 14.0. The van der Waals surface area contributed by atoms with Crippen LogP contribution in [0.2, 0.25) is 0 Å². The lowest BCUT2D eigenvalue weighted by atomic mass is 10.0. The largest absolute Gasteiger partial charge is 0.480 e. The second-order valence-electron chi connectivity index (χ2n) is 14.0. The van der Waals surface area contributed by atoms with E-state index in [1.165, 1.54) is 6.92 Å². The summed E-state index contributed by atoms with van der Waals surface area (Å²) in [5, 5.41) is 35.4. The summed E-state index contributed by atoms with van der Waals surface area (Å²) in [6.45, 7) is 3.65. The molecule has 1 aromatic carbocycles. The number of nitrogens with two attached hydrogens (primary N) is 5. The van der Waals surface area contributed by atoms with Crippen molar-refractivity contribution in [2.24, 2.45) is 44.6 Å². The predicted octanol–water partition coefficient (Wildman–Crippen LogP) is -4.56. The molecular formula is C36H58N14O9. The van der Waals surface area contributed by atoms with Crippen molar-refractivity contribution in [2.45, 2.75) is 89.2 Å². The summed E-state index contributed by atoms with van der Waals surface area (Å²) in [7, 11) is 0. The van der Waals surface area contributed by atoms with Crippen molar-refractivity contribution >= 4 is 64.2 Å². The van der Waals surface area contributed by atoms with E-state index < -0.39 is 96.7 Å². The summed E-state index contributed by atoms with van der Waals surface area (Å²) < 4.78 is 0. The first-order chi connectivity index (χ1) is 27.8. The zero-order valence-electron chi connectivity index (χ0n) is 33.3. The van der Waals surface area contributed by atoms with Gasteiger partial charge in [0, 0.05) is 36.6 Å². The molecule has 23 heteroatoms.